The van der Waals surface area contributed by atoms with Gasteiger partial charge < -0.3 is 5.32 Å². The quantitative estimate of drug-likeness (QED) is 0.821. The number of nitrogens with zero attached hydrogens (tertiary/aromatic N) is 1. The molecule has 0 fully saturated rings. The van der Waals surface area contributed by atoms with E-state index in [0.717, 1.165) is 14.9 Å². The van der Waals surface area contributed by atoms with Crippen molar-refractivity contribution in [3.05, 3.63) is 69.7 Å². The average Bonchev–Trinajstić information content (AvgIpc) is 2.80. The van der Waals surface area contributed by atoms with Crippen molar-refractivity contribution in [2.75, 3.05) is 6.54 Å². The van der Waals surface area contributed by atoms with E-state index < -0.39 is 11.8 Å². The summed E-state index contributed by atoms with van der Waals surface area (Å²) in [6.45, 7) is 1.56. The first-order chi connectivity index (χ1) is 11.5. The maximum atomic E-state index is 12.3. The fraction of sp³-hybridized carbons (Fsp3) is 0.167. The zero-order chi connectivity index (χ0) is 17.3. The minimum absolute atomic E-state index is 0.231. The normalized spacial score (nSPS) is 14.5. The van der Waals surface area contributed by atoms with E-state index in [-0.39, 0.29) is 18.5 Å². The first kappa shape index (κ1) is 16.4. The van der Waals surface area contributed by atoms with Crippen LogP contribution in [-0.4, -0.2) is 29.2 Å². The van der Waals surface area contributed by atoms with Gasteiger partial charge in [0.25, 0.3) is 11.8 Å². The Labute approximate surface area is 147 Å². The van der Waals surface area contributed by atoms with Gasteiger partial charge in [-0.25, -0.2) is 0 Å². The molecule has 3 amide bonds. The lowest BCUT2D eigenvalue weighted by atomic mass is 10.1. The van der Waals surface area contributed by atoms with Crippen LogP contribution in [0.4, 0.5) is 0 Å². The highest BCUT2D eigenvalue weighted by Crippen LogP contribution is 2.22. The molecule has 122 valence electrons. The van der Waals surface area contributed by atoms with Gasteiger partial charge >= 0.3 is 0 Å². The maximum Gasteiger partial charge on any atom is 0.262 e. The molecule has 2 aromatic carbocycles. The lowest BCUT2D eigenvalue weighted by Gasteiger charge is -2.18. The van der Waals surface area contributed by atoms with E-state index in [1.54, 1.807) is 24.3 Å². The number of halogens is 1. The number of carbonyl (C=O) groups excluding carboxylic acids is 3. The molecular weight excluding hydrogens is 372 g/mol. The minimum Gasteiger partial charge on any atom is -0.348 e. The van der Waals surface area contributed by atoms with Crippen LogP contribution in [0.25, 0.3) is 0 Å². The van der Waals surface area contributed by atoms with Crippen LogP contribution in [0, 0.1) is 0 Å². The van der Waals surface area contributed by atoms with Crippen LogP contribution in [-0.2, 0) is 4.79 Å². The highest BCUT2D eigenvalue weighted by atomic mass is 79.9. The van der Waals surface area contributed by atoms with Crippen molar-refractivity contribution in [3.63, 3.8) is 0 Å². The van der Waals surface area contributed by atoms with Gasteiger partial charge in [-0.05, 0) is 36.8 Å². The van der Waals surface area contributed by atoms with Crippen molar-refractivity contribution in [2.45, 2.75) is 13.0 Å². The molecule has 1 aliphatic rings. The Morgan fingerprint density at radius 2 is 1.71 bits per heavy atom. The molecule has 0 radical (unpaired) electrons. The molecular formula is C18H15BrN2O3. The first-order valence-corrected chi connectivity index (χ1v) is 8.26. The third kappa shape index (κ3) is 3.10. The van der Waals surface area contributed by atoms with E-state index in [9.17, 15) is 14.4 Å². The highest BCUT2D eigenvalue weighted by molar-refractivity contribution is 9.10. The molecule has 24 heavy (non-hydrogen) atoms. The summed E-state index contributed by atoms with van der Waals surface area (Å²) in [4.78, 5) is 37.7. The molecule has 6 heteroatoms. The van der Waals surface area contributed by atoms with E-state index >= 15 is 0 Å². The summed E-state index contributed by atoms with van der Waals surface area (Å²) in [6.07, 6.45) is 0. The van der Waals surface area contributed by atoms with Gasteiger partial charge in [-0.2, -0.15) is 0 Å². The standard InChI is InChI=1S/C18H15BrN2O3/c1-11(12-5-4-6-13(19)9-12)20-16(22)10-21-17(23)14-7-2-3-8-15(14)18(21)24/h2-9,11H,10H2,1H3,(H,20,22)/t11-/m1/s1. The fourth-order valence-electron chi connectivity index (χ4n) is 2.67. The number of hydrogen-bond acceptors (Lipinski definition) is 3. The predicted octanol–water partition coefficient (Wildman–Crippen LogP) is 2.92. The van der Waals surface area contributed by atoms with Crippen LogP contribution in [0.15, 0.2) is 53.0 Å². The molecule has 0 bridgehead atoms. The molecule has 0 saturated carbocycles. The largest absolute Gasteiger partial charge is 0.348 e. The van der Waals surface area contributed by atoms with Gasteiger partial charge in [0.2, 0.25) is 5.91 Å². The smallest absolute Gasteiger partial charge is 0.262 e. The second kappa shape index (κ2) is 6.57. The molecule has 2 aromatic rings. The number of fused-ring (bicyclic) bond motifs is 1. The Morgan fingerprint density at radius 1 is 1.08 bits per heavy atom. The van der Waals surface area contributed by atoms with Crippen LogP contribution < -0.4 is 5.32 Å². The second-order valence-electron chi connectivity index (χ2n) is 5.59. The Hall–Kier alpha value is -2.47. The maximum absolute atomic E-state index is 12.3. The Kier molecular flexibility index (Phi) is 4.49. The number of rotatable bonds is 4. The molecule has 1 heterocycles. The van der Waals surface area contributed by atoms with Gasteiger partial charge in [0.15, 0.2) is 0 Å². The summed E-state index contributed by atoms with van der Waals surface area (Å²) in [5, 5.41) is 2.81. The Morgan fingerprint density at radius 3 is 2.29 bits per heavy atom. The number of amides is 3. The number of benzene rings is 2. The molecule has 1 atom stereocenters. The molecule has 0 unspecified atom stereocenters. The van der Waals surface area contributed by atoms with E-state index in [1.807, 2.05) is 31.2 Å². The summed E-state index contributed by atoms with van der Waals surface area (Å²) in [6, 6.07) is 13.9. The zero-order valence-electron chi connectivity index (χ0n) is 13.0. The monoisotopic (exact) mass is 386 g/mol. The van der Waals surface area contributed by atoms with Crippen molar-refractivity contribution in [3.8, 4) is 0 Å². The summed E-state index contributed by atoms with van der Waals surface area (Å²) in [5.41, 5.74) is 1.62. The van der Waals surface area contributed by atoms with Crippen molar-refractivity contribution < 1.29 is 14.4 Å². The molecule has 0 aromatic heterocycles. The van der Waals surface area contributed by atoms with Gasteiger partial charge in [0, 0.05) is 4.47 Å². The van der Waals surface area contributed by atoms with E-state index in [4.69, 9.17) is 0 Å². The van der Waals surface area contributed by atoms with Crippen LogP contribution in [0.3, 0.4) is 0 Å². The average molecular weight is 387 g/mol. The van der Waals surface area contributed by atoms with E-state index in [0.29, 0.717) is 11.1 Å². The fourth-order valence-corrected chi connectivity index (χ4v) is 3.09. The molecule has 0 spiro atoms. The summed E-state index contributed by atoms with van der Waals surface area (Å²) in [5.74, 6) is -1.24. The van der Waals surface area contributed by atoms with Crippen LogP contribution in [0.5, 0.6) is 0 Å². The van der Waals surface area contributed by atoms with Gasteiger partial charge in [-0.1, -0.05) is 40.2 Å². The molecule has 5 nitrogen and oxygen atoms in total. The van der Waals surface area contributed by atoms with Crippen molar-refractivity contribution in [2.24, 2.45) is 0 Å². The topological polar surface area (TPSA) is 66.5 Å². The van der Waals surface area contributed by atoms with Gasteiger partial charge in [0.1, 0.15) is 6.54 Å². The number of carbonyl (C=O) groups is 3. The summed E-state index contributed by atoms with van der Waals surface area (Å²) >= 11 is 3.39. The van der Waals surface area contributed by atoms with E-state index in [2.05, 4.69) is 21.2 Å². The minimum atomic E-state index is -0.430. The van der Waals surface area contributed by atoms with Gasteiger partial charge in [0.05, 0.1) is 17.2 Å². The van der Waals surface area contributed by atoms with Gasteiger partial charge in [-0.3, -0.25) is 19.3 Å². The number of imide groups is 1. The molecule has 0 aliphatic carbocycles. The van der Waals surface area contributed by atoms with Crippen molar-refractivity contribution in [1.29, 1.82) is 0 Å². The van der Waals surface area contributed by atoms with Crippen molar-refractivity contribution in [1.82, 2.24) is 10.2 Å². The molecule has 3 rings (SSSR count). The third-order valence-corrected chi connectivity index (χ3v) is 4.40. The Bertz CT molecular complexity index is 800. The molecule has 1 aliphatic heterocycles. The number of hydrogen-bond donors (Lipinski definition) is 1. The lowest BCUT2D eigenvalue weighted by Crippen LogP contribution is -2.41. The second-order valence-corrected chi connectivity index (χ2v) is 6.50. The first-order valence-electron chi connectivity index (χ1n) is 7.47. The van der Waals surface area contributed by atoms with E-state index in [1.165, 1.54) is 0 Å². The third-order valence-electron chi connectivity index (χ3n) is 3.91. The summed E-state index contributed by atoms with van der Waals surface area (Å²) < 4.78 is 0.918. The zero-order valence-corrected chi connectivity index (χ0v) is 14.5. The highest BCUT2D eigenvalue weighted by Gasteiger charge is 2.36. The number of nitrogens with one attached hydrogen (secondary N) is 1. The lowest BCUT2D eigenvalue weighted by molar-refractivity contribution is -0.122. The van der Waals surface area contributed by atoms with Crippen LogP contribution >= 0.6 is 15.9 Å². The van der Waals surface area contributed by atoms with Crippen LogP contribution in [0.2, 0.25) is 0 Å². The van der Waals surface area contributed by atoms with Gasteiger partial charge in [-0.15, -0.1) is 0 Å². The Balaban J connectivity index is 1.68. The predicted molar refractivity (Wildman–Crippen MR) is 92.5 cm³/mol. The molecule has 1 N–H and O–H groups in total. The summed E-state index contributed by atoms with van der Waals surface area (Å²) in [7, 11) is 0. The molecule has 0 saturated heterocycles. The van der Waals surface area contributed by atoms with Crippen LogP contribution in [0.1, 0.15) is 39.2 Å². The SMILES string of the molecule is C[C@@H](NC(=O)CN1C(=O)c2ccccc2C1=O)c1cccc(Br)c1. The van der Waals surface area contributed by atoms with Crippen molar-refractivity contribution >= 4 is 33.7 Å².